The van der Waals surface area contributed by atoms with Crippen LogP contribution in [0, 0.1) is 28.6 Å². The third-order valence-corrected chi connectivity index (χ3v) is 13.6. The first-order chi connectivity index (χ1) is 22.6. The van der Waals surface area contributed by atoms with Crippen molar-refractivity contribution in [1.29, 1.82) is 0 Å². The number of benzene rings is 3. The van der Waals surface area contributed by atoms with Gasteiger partial charge in [0.05, 0.1) is 22.8 Å². The van der Waals surface area contributed by atoms with Crippen LogP contribution in [0.25, 0.3) is 0 Å². The van der Waals surface area contributed by atoms with Gasteiger partial charge in [-0.2, -0.15) is 0 Å². The summed E-state index contributed by atoms with van der Waals surface area (Å²) in [5, 5.41) is 0. The molecule has 6 bridgehead atoms. The zero-order chi connectivity index (χ0) is 32.1. The minimum atomic E-state index is -4.62. The van der Waals surface area contributed by atoms with Gasteiger partial charge >= 0.3 is 11.9 Å². The Morgan fingerprint density at radius 1 is 0.787 bits per heavy atom. The molecule has 0 N–H and O–H groups in total. The molecule has 0 aromatic heterocycles. The molecule has 0 spiro atoms. The van der Waals surface area contributed by atoms with Gasteiger partial charge in [-0.1, -0.05) is 48.5 Å². The van der Waals surface area contributed by atoms with E-state index >= 15 is 0 Å². The van der Waals surface area contributed by atoms with Crippen LogP contribution in [0.15, 0.2) is 65.6 Å². The van der Waals surface area contributed by atoms with Crippen molar-refractivity contribution in [3.05, 3.63) is 94.0 Å². The molecule has 3 atom stereocenters. The molecule has 3 aromatic rings. The number of fused-ring (bicyclic) bond motifs is 2. The molecular formula is C39H39O7S-. The highest BCUT2D eigenvalue weighted by atomic mass is 32.2. The molecule has 7 nitrogen and oxygen atoms in total. The van der Waals surface area contributed by atoms with Gasteiger partial charge < -0.3 is 14.0 Å². The first kappa shape index (κ1) is 29.6. The summed E-state index contributed by atoms with van der Waals surface area (Å²) in [4.78, 5) is 28.0. The number of esters is 2. The van der Waals surface area contributed by atoms with Gasteiger partial charge in [0.1, 0.15) is 15.9 Å². The molecule has 8 aliphatic carbocycles. The predicted molar refractivity (Wildman–Crippen MR) is 172 cm³/mol. The second-order valence-corrected chi connectivity index (χ2v) is 16.9. The monoisotopic (exact) mass is 651 g/mol. The van der Waals surface area contributed by atoms with Gasteiger partial charge in [0.15, 0.2) is 0 Å². The standard InChI is InChI=1S/C39H40O7S/c40-36(32-16-31-25-7-1-5-11-29(25)35(32)30-12-6-2-8-26(30)31)45-22-38-17-23-15-24(18-38)20-39(19-23,21-38)37(41)46-33-13-14-34(47(42,43)44)28-10-4-3-9-27(28)33/h1-2,5-8,11-14,23-24,31-32,35H,3-4,9-10,15-22H2,(H,42,43,44)/p-1. The average Bonchev–Trinajstić information content (AvgIpc) is 3.06. The van der Waals surface area contributed by atoms with Crippen molar-refractivity contribution in [3.63, 3.8) is 0 Å². The quantitative estimate of drug-likeness (QED) is 0.164. The Balaban J connectivity index is 0.956. The molecule has 47 heavy (non-hydrogen) atoms. The molecule has 11 rings (SSSR count). The summed E-state index contributed by atoms with van der Waals surface area (Å²) in [6.07, 6.45) is 8.65. The predicted octanol–water partition coefficient (Wildman–Crippen LogP) is 6.80. The fourth-order valence-corrected chi connectivity index (χ4v) is 12.2. The number of rotatable bonds is 6. The molecule has 0 saturated heterocycles. The molecule has 0 heterocycles. The minimum Gasteiger partial charge on any atom is -0.744 e. The van der Waals surface area contributed by atoms with Gasteiger partial charge in [0.2, 0.25) is 0 Å². The van der Waals surface area contributed by atoms with E-state index in [9.17, 15) is 22.6 Å². The fourth-order valence-electron chi connectivity index (χ4n) is 11.4. The molecule has 0 aliphatic heterocycles. The van der Waals surface area contributed by atoms with E-state index in [2.05, 4.69) is 48.5 Å². The zero-order valence-electron chi connectivity index (χ0n) is 26.4. The summed E-state index contributed by atoms with van der Waals surface area (Å²) >= 11 is 0. The lowest BCUT2D eigenvalue weighted by Crippen LogP contribution is -2.57. The van der Waals surface area contributed by atoms with Crippen LogP contribution in [0.1, 0.15) is 103 Å². The second kappa shape index (κ2) is 10.5. The Bertz CT molecular complexity index is 1870. The van der Waals surface area contributed by atoms with Crippen molar-refractivity contribution in [1.82, 2.24) is 0 Å². The maximum Gasteiger partial charge on any atom is 0.317 e. The van der Waals surface area contributed by atoms with Crippen molar-refractivity contribution in [2.45, 2.75) is 87.4 Å². The summed E-state index contributed by atoms with van der Waals surface area (Å²) in [5.74, 6) is 0.721. The SMILES string of the molecule is O=C(OCC12CC3CC(C1)CC(C(=O)Oc1ccc(S(=O)(=O)[O-])c4c1CCCC4)(C3)C2)C1CC2c3ccccc3C1c1ccccc12. The topological polar surface area (TPSA) is 110 Å². The zero-order valence-corrected chi connectivity index (χ0v) is 27.2. The summed E-state index contributed by atoms with van der Waals surface area (Å²) in [7, 11) is -4.62. The molecule has 8 heteroatoms. The Kier molecular flexibility index (Phi) is 6.62. The Labute approximate surface area is 275 Å². The van der Waals surface area contributed by atoms with Gasteiger partial charge in [0.25, 0.3) is 0 Å². The highest BCUT2D eigenvalue weighted by Gasteiger charge is 2.62. The molecular weight excluding hydrogens is 612 g/mol. The molecule has 4 saturated carbocycles. The van der Waals surface area contributed by atoms with E-state index in [1.165, 1.54) is 34.4 Å². The lowest BCUT2D eigenvalue weighted by Gasteiger charge is -2.60. The second-order valence-electron chi connectivity index (χ2n) is 15.5. The highest BCUT2D eigenvalue weighted by Crippen LogP contribution is 2.66. The van der Waals surface area contributed by atoms with Crippen molar-refractivity contribution < 1.29 is 32.0 Å². The number of carbonyl (C=O) groups excluding carboxylic acids is 2. The molecule has 8 aliphatic rings. The van der Waals surface area contributed by atoms with Gasteiger partial charge in [-0.05, 0) is 128 Å². The number of hydrogen-bond acceptors (Lipinski definition) is 7. The fraction of sp³-hybridized carbons (Fsp3) is 0.487. The van der Waals surface area contributed by atoms with Crippen LogP contribution in [0.2, 0.25) is 0 Å². The molecule has 3 aromatic carbocycles. The molecule has 0 amide bonds. The van der Waals surface area contributed by atoms with Gasteiger partial charge in [0, 0.05) is 17.3 Å². The van der Waals surface area contributed by atoms with Crippen LogP contribution in [-0.2, 0) is 37.3 Å². The Morgan fingerprint density at radius 3 is 2.04 bits per heavy atom. The summed E-state index contributed by atoms with van der Waals surface area (Å²) in [5.41, 5.74) is 5.42. The van der Waals surface area contributed by atoms with E-state index in [-0.39, 0.29) is 40.0 Å². The number of carbonyl (C=O) groups is 2. The third kappa shape index (κ3) is 4.65. The largest absolute Gasteiger partial charge is 0.744 e. The van der Waals surface area contributed by atoms with E-state index in [1.807, 2.05) is 0 Å². The minimum absolute atomic E-state index is 0.00787. The summed E-state index contributed by atoms with van der Waals surface area (Å²) in [6, 6.07) is 19.9. The lowest BCUT2D eigenvalue weighted by molar-refractivity contribution is -0.183. The smallest absolute Gasteiger partial charge is 0.317 e. The van der Waals surface area contributed by atoms with Crippen LogP contribution < -0.4 is 4.74 Å². The average molecular weight is 652 g/mol. The van der Waals surface area contributed by atoms with Crippen LogP contribution in [-0.4, -0.2) is 31.5 Å². The van der Waals surface area contributed by atoms with Crippen LogP contribution >= 0.6 is 0 Å². The van der Waals surface area contributed by atoms with Crippen LogP contribution in [0.5, 0.6) is 5.75 Å². The normalized spacial score (nSPS) is 32.7. The van der Waals surface area contributed by atoms with E-state index in [1.54, 1.807) is 0 Å². The third-order valence-electron chi connectivity index (χ3n) is 12.7. The summed E-state index contributed by atoms with van der Waals surface area (Å²) in [6.45, 7) is 0.330. The van der Waals surface area contributed by atoms with E-state index in [0.717, 1.165) is 51.4 Å². The maximum absolute atomic E-state index is 14.2. The van der Waals surface area contributed by atoms with E-state index < -0.39 is 15.5 Å². The van der Waals surface area contributed by atoms with Crippen molar-refractivity contribution in [2.24, 2.45) is 28.6 Å². The summed E-state index contributed by atoms with van der Waals surface area (Å²) < 4.78 is 48.4. The van der Waals surface area contributed by atoms with Crippen molar-refractivity contribution in [3.8, 4) is 5.75 Å². The Morgan fingerprint density at radius 2 is 1.40 bits per heavy atom. The van der Waals surface area contributed by atoms with E-state index in [4.69, 9.17) is 9.47 Å². The van der Waals surface area contributed by atoms with Gasteiger partial charge in [-0.25, -0.2) is 8.42 Å². The first-order valence-electron chi connectivity index (χ1n) is 17.3. The highest BCUT2D eigenvalue weighted by molar-refractivity contribution is 7.85. The maximum atomic E-state index is 14.2. The van der Waals surface area contributed by atoms with Gasteiger partial charge in [-0.3, -0.25) is 9.59 Å². The van der Waals surface area contributed by atoms with E-state index in [0.29, 0.717) is 54.6 Å². The van der Waals surface area contributed by atoms with Crippen LogP contribution in [0.3, 0.4) is 0 Å². The molecule has 4 fully saturated rings. The molecule has 3 unspecified atom stereocenters. The number of ether oxygens (including phenoxy) is 2. The van der Waals surface area contributed by atoms with Gasteiger partial charge in [-0.15, -0.1) is 0 Å². The van der Waals surface area contributed by atoms with Crippen LogP contribution in [0.4, 0.5) is 0 Å². The number of hydrogen-bond donors (Lipinski definition) is 0. The Hall–Kier alpha value is -3.49. The lowest BCUT2D eigenvalue weighted by atomic mass is 9.44. The molecule has 244 valence electrons. The van der Waals surface area contributed by atoms with Crippen molar-refractivity contribution in [2.75, 3.05) is 6.61 Å². The van der Waals surface area contributed by atoms with Crippen molar-refractivity contribution >= 4 is 22.1 Å². The first-order valence-corrected chi connectivity index (χ1v) is 18.7. The molecule has 0 radical (unpaired) electrons.